The highest BCUT2D eigenvalue weighted by Gasteiger charge is 2.29. The summed E-state index contributed by atoms with van der Waals surface area (Å²) in [5.74, 6) is -0.125. The number of ether oxygens (including phenoxy) is 1. The molecular formula is C21H27ClFN3O2. The van der Waals surface area contributed by atoms with E-state index in [1.54, 1.807) is 25.3 Å². The standard InChI is InChI=1S/C21H26FN3O2.ClH/c1-16(27-20-9-4-6-17(22)14-20)21(26)25(15-18-7-2-3-12-24-18)19-8-5-11-23-13-10-19;/h2-4,6-7,9,12,14,16,19,23H,5,8,10-11,13,15H2,1H3;1H. The van der Waals surface area contributed by atoms with Crippen molar-refractivity contribution in [3.63, 3.8) is 0 Å². The van der Waals surface area contributed by atoms with E-state index < -0.39 is 6.10 Å². The zero-order chi connectivity index (χ0) is 19.1. The van der Waals surface area contributed by atoms with Crippen LogP contribution in [0.15, 0.2) is 48.7 Å². The van der Waals surface area contributed by atoms with E-state index in [4.69, 9.17) is 4.74 Å². The van der Waals surface area contributed by atoms with Crippen LogP contribution >= 0.6 is 12.4 Å². The van der Waals surface area contributed by atoms with Crippen molar-refractivity contribution in [2.45, 2.75) is 44.9 Å². The van der Waals surface area contributed by atoms with Gasteiger partial charge in [0, 0.05) is 18.3 Å². The first-order valence-corrected chi connectivity index (χ1v) is 9.47. The van der Waals surface area contributed by atoms with Crippen molar-refractivity contribution in [1.29, 1.82) is 0 Å². The summed E-state index contributed by atoms with van der Waals surface area (Å²) in [6.45, 7) is 4.02. The highest BCUT2D eigenvalue weighted by Crippen LogP contribution is 2.20. The number of hydrogen-bond acceptors (Lipinski definition) is 4. The van der Waals surface area contributed by atoms with Crippen LogP contribution in [0.4, 0.5) is 4.39 Å². The van der Waals surface area contributed by atoms with Crippen molar-refractivity contribution in [3.8, 4) is 5.75 Å². The van der Waals surface area contributed by atoms with Gasteiger partial charge in [-0.1, -0.05) is 12.1 Å². The fourth-order valence-electron chi connectivity index (χ4n) is 3.39. The van der Waals surface area contributed by atoms with Gasteiger partial charge in [0.1, 0.15) is 11.6 Å². The number of nitrogens with zero attached hydrogens (tertiary/aromatic N) is 2. The van der Waals surface area contributed by atoms with E-state index in [-0.39, 0.29) is 30.2 Å². The summed E-state index contributed by atoms with van der Waals surface area (Å²) >= 11 is 0. The second-order valence-corrected chi connectivity index (χ2v) is 6.84. The molecule has 1 amide bonds. The Labute approximate surface area is 171 Å². The Kier molecular flexibility index (Phi) is 8.67. The average molecular weight is 408 g/mol. The zero-order valence-electron chi connectivity index (χ0n) is 16.0. The summed E-state index contributed by atoms with van der Waals surface area (Å²) < 4.78 is 19.1. The molecule has 1 fully saturated rings. The smallest absolute Gasteiger partial charge is 0.263 e. The van der Waals surface area contributed by atoms with E-state index in [1.807, 2.05) is 23.1 Å². The largest absolute Gasteiger partial charge is 0.481 e. The van der Waals surface area contributed by atoms with Gasteiger partial charge < -0.3 is 15.0 Å². The molecule has 3 rings (SSSR count). The summed E-state index contributed by atoms with van der Waals surface area (Å²) in [4.78, 5) is 19.5. The van der Waals surface area contributed by atoms with Crippen LogP contribution in [-0.4, -0.2) is 41.0 Å². The molecule has 1 aromatic carbocycles. The maximum atomic E-state index is 13.4. The Hall–Kier alpha value is -2.18. The molecule has 2 unspecified atom stereocenters. The lowest BCUT2D eigenvalue weighted by Gasteiger charge is -2.33. The Balaban J connectivity index is 0.00000280. The molecule has 0 radical (unpaired) electrons. The first-order valence-electron chi connectivity index (χ1n) is 9.47. The number of carbonyl (C=O) groups is 1. The van der Waals surface area contributed by atoms with Gasteiger partial charge in [0.25, 0.3) is 5.91 Å². The Morgan fingerprint density at radius 3 is 2.89 bits per heavy atom. The van der Waals surface area contributed by atoms with E-state index in [0.29, 0.717) is 12.3 Å². The average Bonchev–Trinajstić information content (AvgIpc) is 2.96. The number of carbonyl (C=O) groups excluding carboxylic acids is 1. The van der Waals surface area contributed by atoms with Crippen LogP contribution in [0, 0.1) is 5.82 Å². The highest BCUT2D eigenvalue weighted by molar-refractivity contribution is 5.85. The molecule has 0 saturated carbocycles. The molecular weight excluding hydrogens is 381 g/mol. The first-order chi connectivity index (χ1) is 13.1. The summed E-state index contributed by atoms with van der Waals surface area (Å²) in [5, 5.41) is 3.38. The number of amides is 1. The third kappa shape index (κ3) is 6.17. The fraction of sp³-hybridized carbons (Fsp3) is 0.429. The van der Waals surface area contributed by atoms with Crippen LogP contribution < -0.4 is 10.1 Å². The lowest BCUT2D eigenvalue weighted by atomic mass is 10.1. The Bertz CT molecular complexity index is 739. The van der Waals surface area contributed by atoms with Crippen molar-refractivity contribution in [3.05, 3.63) is 60.2 Å². The van der Waals surface area contributed by atoms with Crippen molar-refractivity contribution in [2.75, 3.05) is 13.1 Å². The van der Waals surface area contributed by atoms with Gasteiger partial charge >= 0.3 is 0 Å². The van der Waals surface area contributed by atoms with Crippen LogP contribution in [0.5, 0.6) is 5.75 Å². The molecule has 28 heavy (non-hydrogen) atoms. The van der Waals surface area contributed by atoms with Crippen LogP contribution in [0.1, 0.15) is 31.9 Å². The number of nitrogens with one attached hydrogen (secondary N) is 1. The number of hydrogen-bond donors (Lipinski definition) is 1. The predicted octanol–water partition coefficient (Wildman–Crippen LogP) is 3.58. The number of pyridine rings is 1. The number of rotatable bonds is 6. The lowest BCUT2D eigenvalue weighted by molar-refractivity contribution is -0.141. The zero-order valence-corrected chi connectivity index (χ0v) is 16.8. The number of aromatic nitrogens is 1. The Morgan fingerprint density at radius 1 is 1.29 bits per heavy atom. The van der Waals surface area contributed by atoms with Gasteiger partial charge in [-0.05, 0) is 63.5 Å². The highest BCUT2D eigenvalue weighted by atomic mass is 35.5. The number of halogens is 2. The van der Waals surface area contributed by atoms with Crippen LogP contribution in [-0.2, 0) is 11.3 Å². The van der Waals surface area contributed by atoms with E-state index in [9.17, 15) is 9.18 Å². The van der Waals surface area contributed by atoms with Crippen molar-refractivity contribution in [1.82, 2.24) is 15.2 Å². The van der Waals surface area contributed by atoms with Gasteiger partial charge in [-0.3, -0.25) is 9.78 Å². The summed E-state index contributed by atoms with van der Waals surface area (Å²) in [5.41, 5.74) is 0.848. The first kappa shape index (κ1) is 22.1. The molecule has 2 atom stereocenters. The normalized spacial score (nSPS) is 17.7. The van der Waals surface area contributed by atoms with Crippen LogP contribution in [0.25, 0.3) is 0 Å². The molecule has 1 saturated heterocycles. The Morgan fingerprint density at radius 2 is 2.14 bits per heavy atom. The summed E-state index contributed by atoms with van der Waals surface area (Å²) in [6.07, 6.45) is 3.89. The topological polar surface area (TPSA) is 54.5 Å². The SMILES string of the molecule is CC(Oc1cccc(F)c1)C(=O)N(Cc1ccccn1)C1CCCNCC1.Cl. The molecule has 1 aromatic heterocycles. The van der Waals surface area contributed by atoms with Crippen molar-refractivity contribution >= 4 is 18.3 Å². The predicted molar refractivity (Wildman–Crippen MR) is 109 cm³/mol. The van der Waals surface area contributed by atoms with Gasteiger partial charge in [-0.2, -0.15) is 0 Å². The monoisotopic (exact) mass is 407 g/mol. The van der Waals surface area contributed by atoms with E-state index in [0.717, 1.165) is 38.0 Å². The molecule has 5 nitrogen and oxygen atoms in total. The van der Waals surface area contributed by atoms with E-state index in [1.165, 1.54) is 12.1 Å². The second-order valence-electron chi connectivity index (χ2n) is 6.84. The van der Waals surface area contributed by atoms with Crippen molar-refractivity contribution in [2.24, 2.45) is 0 Å². The molecule has 0 bridgehead atoms. The quantitative estimate of drug-likeness (QED) is 0.795. The fourth-order valence-corrected chi connectivity index (χ4v) is 3.39. The molecule has 2 aromatic rings. The maximum Gasteiger partial charge on any atom is 0.263 e. The number of benzene rings is 1. The van der Waals surface area contributed by atoms with Gasteiger partial charge in [-0.25, -0.2) is 4.39 Å². The van der Waals surface area contributed by atoms with Crippen molar-refractivity contribution < 1.29 is 13.9 Å². The minimum Gasteiger partial charge on any atom is -0.481 e. The van der Waals surface area contributed by atoms with Gasteiger partial charge in [0.2, 0.25) is 0 Å². The third-order valence-electron chi connectivity index (χ3n) is 4.78. The summed E-state index contributed by atoms with van der Waals surface area (Å²) in [6, 6.07) is 11.7. The molecule has 0 spiro atoms. The molecule has 7 heteroatoms. The molecule has 152 valence electrons. The lowest BCUT2D eigenvalue weighted by Crippen LogP contribution is -2.46. The van der Waals surface area contributed by atoms with E-state index in [2.05, 4.69) is 10.3 Å². The van der Waals surface area contributed by atoms with Crippen LogP contribution in [0.3, 0.4) is 0 Å². The maximum absolute atomic E-state index is 13.4. The minimum absolute atomic E-state index is 0. The van der Waals surface area contributed by atoms with E-state index >= 15 is 0 Å². The van der Waals surface area contributed by atoms with Gasteiger partial charge in [-0.15, -0.1) is 12.4 Å². The summed E-state index contributed by atoms with van der Waals surface area (Å²) in [7, 11) is 0. The van der Waals surface area contributed by atoms with Gasteiger partial charge in [0.05, 0.1) is 12.2 Å². The molecule has 1 aliphatic heterocycles. The van der Waals surface area contributed by atoms with Crippen LogP contribution in [0.2, 0.25) is 0 Å². The third-order valence-corrected chi connectivity index (χ3v) is 4.78. The van der Waals surface area contributed by atoms with Gasteiger partial charge in [0.15, 0.2) is 6.10 Å². The molecule has 0 aliphatic carbocycles. The molecule has 1 aliphatic rings. The second kappa shape index (κ2) is 11.0. The molecule has 2 heterocycles. The molecule has 1 N–H and O–H groups in total. The minimum atomic E-state index is -0.702.